The number of likely N-dealkylation sites (N-methyl/N-ethyl adjacent to an activating group) is 1. The first-order chi connectivity index (χ1) is 30.4. The molecule has 4 aliphatic carbocycles. The van der Waals surface area contributed by atoms with Crippen LogP contribution in [0, 0.1) is 35.4 Å². The third kappa shape index (κ3) is 11.8. The summed E-state index contributed by atoms with van der Waals surface area (Å²) in [5, 5.41) is 22.9. The van der Waals surface area contributed by atoms with Gasteiger partial charge in [-0.2, -0.15) is 11.3 Å². The Balaban J connectivity index is 0.000000371. The van der Waals surface area contributed by atoms with Crippen molar-refractivity contribution in [3.05, 3.63) is 89.8 Å². The van der Waals surface area contributed by atoms with Crippen LogP contribution in [0.3, 0.4) is 0 Å². The molecule has 0 bridgehead atoms. The number of benzene rings is 2. The molecule has 0 saturated heterocycles. The van der Waals surface area contributed by atoms with Crippen LogP contribution in [0.25, 0.3) is 0 Å². The van der Waals surface area contributed by atoms with E-state index in [0.717, 1.165) is 12.1 Å². The zero-order valence-corrected chi connectivity index (χ0v) is 38.7. The van der Waals surface area contributed by atoms with Crippen molar-refractivity contribution in [1.82, 2.24) is 26.6 Å². The molecule has 5 amide bonds. The number of hydrogen-bond donors (Lipinski definition) is 6. The van der Waals surface area contributed by atoms with Gasteiger partial charge in [0.1, 0.15) is 25.3 Å². The van der Waals surface area contributed by atoms with Gasteiger partial charge in [-0.3, -0.25) is 28.8 Å². The monoisotopic (exact) mass is 1160 g/mol. The third-order valence-electron chi connectivity index (χ3n) is 12.3. The first-order valence-corrected chi connectivity index (χ1v) is 20.7. The van der Waals surface area contributed by atoms with Crippen molar-refractivity contribution in [3.8, 4) is 5.75 Å². The second-order valence-corrected chi connectivity index (χ2v) is 16.2. The van der Waals surface area contributed by atoms with E-state index in [1.807, 2.05) is 23.5 Å². The van der Waals surface area contributed by atoms with E-state index in [1.165, 1.54) is 49.2 Å². The van der Waals surface area contributed by atoms with Gasteiger partial charge in [-0.25, -0.2) is 13.2 Å². The predicted octanol–water partition coefficient (Wildman–Crippen LogP) is 2.49. The van der Waals surface area contributed by atoms with Gasteiger partial charge in [0.2, 0.25) is 24.1 Å². The molecule has 360 valence electrons. The minimum absolute atomic E-state index is 0. The van der Waals surface area contributed by atoms with E-state index < -0.39 is 82.0 Å². The number of aryl methyl sites for hydroxylation is 1. The fourth-order valence-corrected chi connectivity index (χ4v) is 9.22. The summed E-state index contributed by atoms with van der Waals surface area (Å²) < 4.78 is 52.2. The largest absolute Gasteiger partial charge is 0.522 e. The van der Waals surface area contributed by atoms with Gasteiger partial charge in [0, 0.05) is 29.4 Å². The molecule has 4 aliphatic rings. The molecule has 16 nitrogen and oxygen atoms in total. The summed E-state index contributed by atoms with van der Waals surface area (Å²) in [4.78, 5) is 90.5. The molecule has 65 heavy (non-hydrogen) atoms. The second-order valence-electron chi connectivity index (χ2n) is 16.2. The van der Waals surface area contributed by atoms with E-state index in [2.05, 4.69) is 40.3 Å². The molecule has 6 N–H and O–H groups in total. The fraction of sp³-hybridized carbons (Fsp3) is 0.489. The number of rotatable bonds is 17. The molecule has 6 rings (SSSR count). The van der Waals surface area contributed by atoms with Crippen LogP contribution in [0.15, 0.2) is 78.4 Å². The summed E-state index contributed by atoms with van der Waals surface area (Å²) in [6.07, 6.45) is 1.87. The van der Waals surface area contributed by atoms with Crippen LogP contribution >= 0.6 is 0 Å². The smallest absolute Gasteiger partial charge is 0.239 e. The van der Waals surface area contributed by atoms with Crippen molar-refractivity contribution in [2.24, 2.45) is 22.7 Å². The minimum Gasteiger partial charge on any atom is -0.522 e. The van der Waals surface area contributed by atoms with E-state index in [0.29, 0.717) is 13.0 Å². The van der Waals surface area contributed by atoms with Crippen LogP contribution in [0.2, 0.25) is 0 Å². The van der Waals surface area contributed by atoms with Crippen LogP contribution in [-0.2, 0) is 43.2 Å². The van der Waals surface area contributed by atoms with Crippen molar-refractivity contribution < 1.29 is 66.4 Å². The molecule has 0 aliphatic heterocycles. The van der Waals surface area contributed by atoms with E-state index in [9.17, 15) is 43.1 Å². The first kappa shape index (κ1) is 52.4. The summed E-state index contributed by atoms with van der Waals surface area (Å²) in [5.41, 5.74) is -5.58. The van der Waals surface area contributed by atoms with Gasteiger partial charge in [0.05, 0.1) is 25.7 Å². The average Bonchev–Trinajstić information content (AvgIpc) is 3.56. The molecule has 2 aromatic carbocycles. The molecule has 6 unspecified atom stereocenters. The standard InChI is InChI=1S/C29H32F3NO7.C9H15N4O4.C7H8.Fm/c1-26-8-6-18(35)11-22(26)23(31)12-21-20-7-9-28(25(37)14-38-16-33-15-34,27(20,2)13-24(36)29(21,26)32)40-39-19-5-3-4-17(30)10-19;1-2-11-8(16)4-13-9(17)5-12-7(15)3-10-6-14;1-7-5-3-2-4-6-7;/h3-6,8,10-11,15,20-21,23-24,36H,7,9,12-14,16H2,1-2H3,(H,33,34);2-5H2,1H3,(H,10,14)(H,11,16)(H,12,15)(H,13,17);2-6H,1H3;/q;-1;;/t20?,21?,23-,24?,26?,27?,28?,29-;;;/m0.../s1. The Morgan fingerprint density at radius 2 is 1.63 bits per heavy atom. The number of carbonyl (C=O) groups is 6. The number of ketones is 2. The number of alkyl halides is 2. The van der Waals surface area contributed by atoms with Crippen molar-refractivity contribution in [3.63, 3.8) is 0 Å². The van der Waals surface area contributed by atoms with Crippen LogP contribution in [0.5, 0.6) is 5.75 Å². The number of hydrogen-bond acceptors (Lipinski definition) is 11. The number of aliphatic hydroxyl groups is 1. The average molecular weight is 1160 g/mol. The maximum atomic E-state index is 17.4. The van der Waals surface area contributed by atoms with Crippen LogP contribution in [-0.4, -0.2) is 110 Å². The molecule has 20 heteroatoms. The maximum Gasteiger partial charge on any atom is 0.239 e. The zero-order valence-electron chi connectivity index (χ0n) is 36.3. The first-order valence-electron chi connectivity index (χ1n) is 20.7. The van der Waals surface area contributed by atoms with Gasteiger partial charge < -0.3 is 46.1 Å². The Kier molecular flexibility index (Phi) is 18.7. The van der Waals surface area contributed by atoms with E-state index in [1.54, 1.807) is 13.8 Å². The molecular formula is C45H55F3FmN5O11-. The Morgan fingerprint density at radius 1 is 0.969 bits per heavy atom. The van der Waals surface area contributed by atoms with Crippen LogP contribution in [0.1, 0.15) is 52.0 Å². The third-order valence-corrected chi connectivity index (χ3v) is 12.3. The summed E-state index contributed by atoms with van der Waals surface area (Å²) in [5.74, 6) is -4.58. The van der Waals surface area contributed by atoms with Gasteiger partial charge in [0.15, 0.2) is 28.6 Å². The van der Waals surface area contributed by atoms with Crippen molar-refractivity contribution >= 4 is 42.1 Å². The topological polar surface area (TPSA) is 228 Å². The Bertz CT molecular complexity index is 2070. The number of allylic oxidation sites excluding steroid dienone is 4. The molecule has 0 radical (unpaired) electrons. The van der Waals surface area contributed by atoms with Crippen molar-refractivity contribution in [1.29, 1.82) is 0 Å². The summed E-state index contributed by atoms with van der Waals surface area (Å²) in [6, 6.07) is 15.4. The van der Waals surface area contributed by atoms with Gasteiger partial charge in [0.25, 0.3) is 0 Å². The second kappa shape index (κ2) is 23.1. The number of fused-ring (bicyclic) bond motifs is 5. The Morgan fingerprint density at radius 3 is 2.23 bits per heavy atom. The molecule has 3 fully saturated rings. The number of Topliss-reactive ketones (excluding diaryl/α,β-unsaturated/α-hetero) is 1. The number of halogens is 3. The van der Waals surface area contributed by atoms with E-state index in [4.69, 9.17) is 14.5 Å². The van der Waals surface area contributed by atoms with Gasteiger partial charge in [-0.05, 0) is 82.2 Å². The number of carbonyl (C=O) groups excluding carboxylic acids is 7. The number of aliphatic hydroxyl groups excluding tert-OH is 1. The molecule has 8 atom stereocenters. The Hall–Kier alpha value is -6.92. The molecule has 0 aromatic heterocycles. The maximum absolute atomic E-state index is 17.4. The predicted molar refractivity (Wildman–Crippen MR) is 224 cm³/mol. The quantitative estimate of drug-likeness (QED) is 0.0257. The van der Waals surface area contributed by atoms with E-state index in [-0.39, 0.29) is 69.3 Å². The molecule has 0 heterocycles. The molecule has 0 spiro atoms. The van der Waals surface area contributed by atoms with Crippen LogP contribution in [0.4, 0.5) is 13.2 Å². The number of nitrogens with one attached hydrogen (secondary N) is 5. The molecule has 2 aromatic rings. The van der Waals surface area contributed by atoms with Crippen molar-refractivity contribution in [2.75, 3.05) is 39.5 Å². The Labute approximate surface area is 369 Å². The normalized spacial score (nSPS) is 27.9. The van der Waals surface area contributed by atoms with Gasteiger partial charge in [-0.1, -0.05) is 55.0 Å². The van der Waals surface area contributed by atoms with Gasteiger partial charge >= 0.3 is 0 Å². The summed E-state index contributed by atoms with van der Waals surface area (Å²) in [6.45, 7) is 6.13. The SMILES string of the molecule is CC12CC(O)[C@@]3(F)C(C[C@H](F)C4=CC(=O)C=CC43C)C1CCC2(OOc1cccc(F)c1)C(=O)COCNC=O.CCNC(=O)CNC(=O)CNC(=O)CN[C-]=O.Cc1ccccc1.[Fm]. The van der Waals surface area contributed by atoms with Crippen molar-refractivity contribution in [2.45, 2.75) is 76.9 Å². The fourth-order valence-electron chi connectivity index (χ4n) is 9.22. The van der Waals surface area contributed by atoms with Gasteiger partial charge in [-0.15, -0.1) is 0 Å². The zero-order chi connectivity index (χ0) is 47.1. The molecular weight excluding hydrogens is 1100 g/mol. The minimum atomic E-state index is -2.32. The number of ether oxygens (including phenoxy) is 1. The summed E-state index contributed by atoms with van der Waals surface area (Å²) in [7, 11) is 0. The van der Waals surface area contributed by atoms with Crippen LogP contribution < -0.4 is 31.5 Å². The number of amides is 5. The summed E-state index contributed by atoms with van der Waals surface area (Å²) >= 11 is 0. The molecule has 3 saturated carbocycles. The van der Waals surface area contributed by atoms with E-state index >= 15 is 8.78 Å².